The van der Waals surface area contributed by atoms with Crippen LogP contribution in [0.1, 0.15) is 72.0 Å². The van der Waals surface area contributed by atoms with Gasteiger partial charge in [0.05, 0.1) is 11.7 Å². The summed E-state index contributed by atoms with van der Waals surface area (Å²) in [5, 5.41) is 8.09. The molecule has 2 atom stereocenters. The molecule has 0 unspecified atom stereocenters. The second-order valence-corrected chi connectivity index (χ2v) is 10.1. The number of nitrogens with zero attached hydrogens (tertiary/aromatic N) is 2. The van der Waals surface area contributed by atoms with Gasteiger partial charge in [-0.05, 0) is 55.9 Å². The van der Waals surface area contributed by atoms with Crippen molar-refractivity contribution in [1.29, 1.82) is 0 Å². The van der Waals surface area contributed by atoms with Gasteiger partial charge in [0.1, 0.15) is 22.6 Å². The van der Waals surface area contributed by atoms with Crippen molar-refractivity contribution in [2.75, 3.05) is 13.6 Å². The van der Waals surface area contributed by atoms with E-state index >= 15 is 0 Å². The Labute approximate surface area is 208 Å². The first-order valence-corrected chi connectivity index (χ1v) is 13.0. The minimum atomic E-state index is -0.617. The van der Waals surface area contributed by atoms with Crippen molar-refractivity contribution in [2.45, 2.75) is 57.0 Å². The number of aromatic nitrogens is 1. The van der Waals surface area contributed by atoms with Crippen molar-refractivity contribution in [1.82, 2.24) is 20.5 Å². The Morgan fingerprint density at radius 1 is 1.11 bits per heavy atom. The maximum Gasteiger partial charge on any atom is 0.267 e. The van der Waals surface area contributed by atoms with Crippen LogP contribution in [0.4, 0.5) is 4.39 Å². The van der Waals surface area contributed by atoms with Crippen LogP contribution < -0.4 is 10.6 Å². The molecule has 2 amide bonds. The molecule has 186 valence electrons. The average Bonchev–Trinajstić information content (AvgIpc) is 3.56. The second-order valence-electron chi connectivity index (χ2n) is 9.17. The topological polar surface area (TPSA) is 91.4 Å². The van der Waals surface area contributed by atoms with Crippen molar-refractivity contribution in [3.63, 3.8) is 0 Å². The number of hydrogen-bond acceptors (Lipinski definition) is 6. The van der Waals surface area contributed by atoms with E-state index in [9.17, 15) is 18.8 Å². The largest absolute Gasteiger partial charge is 0.384 e. The molecule has 1 aromatic carbocycles. The molecule has 9 heteroatoms. The van der Waals surface area contributed by atoms with Crippen molar-refractivity contribution >= 4 is 28.9 Å². The summed E-state index contributed by atoms with van der Waals surface area (Å²) >= 11 is 1.35. The van der Waals surface area contributed by atoms with E-state index < -0.39 is 11.9 Å². The lowest BCUT2D eigenvalue weighted by molar-refractivity contribution is -0.138. The van der Waals surface area contributed by atoms with Crippen molar-refractivity contribution < 1.29 is 18.8 Å². The van der Waals surface area contributed by atoms with Crippen LogP contribution in [-0.4, -0.2) is 47.1 Å². The van der Waals surface area contributed by atoms with E-state index in [1.807, 2.05) is 4.90 Å². The molecule has 1 aliphatic carbocycles. The minimum absolute atomic E-state index is 0.0815. The maximum atomic E-state index is 13.8. The molecule has 2 N–H and O–H groups in total. The summed E-state index contributed by atoms with van der Waals surface area (Å²) in [5.41, 5.74) is 0.881. The predicted molar refractivity (Wildman–Crippen MR) is 132 cm³/mol. The van der Waals surface area contributed by atoms with Crippen molar-refractivity contribution in [3.8, 4) is 0 Å². The first kappa shape index (κ1) is 25.0. The van der Waals surface area contributed by atoms with Crippen LogP contribution in [0.15, 0.2) is 41.9 Å². The number of hydrogen-bond donors (Lipinski definition) is 2. The summed E-state index contributed by atoms with van der Waals surface area (Å²) in [7, 11) is 1.63. The fourth-order valence-electron chi connectivity index (χ4n) is 4.95. The summed E-state index contributed by atoms with van der Waals surface area (Å²) in [6.07, 6.45) is 6.60. The third-order valence-corrected chi connectivity index (χ3v) is 7.88. The molecular formula is C26H31FN4O3S. The van der Waals surface area contributed by atoms with E-state index in [4.69, 9.17) is 0 Å². The quantitative estimate of drug-likeness (QED) is 0.425. The number of halogens is 1. The van der Waals surface area contributed by atoms with Crippen LogP contribution in [-0.2, 0) is 9.59 Å². The van der Waals surface area contributed by atoms with E-state index in [0.717, 1.165) is 44.9 Å². The predicted octanol–water partition coefficient (Wildman–Crippen LogP) is 3.97. The molecule has 7 nitrogen and oxygen atoms in total. The van der Waals surface area contributed by atoms with E-state index in [0.29, 0.717) is 22.8 Å². The lowest BCUT2D eigenvalue weighted by Gasteiger charge is -2.34. The number of likely N-dealkylation sites (tertiary alicyclic amines) is 1. The van der Waals surface area contributed by atoms with Gasteiger partial charge in [-0.15, -0.1) is 11.3 Å². The highest BCUT2D eigenvalue weighted by Gasteiger charge is 2.40. The highest BCUT2D eigenvalue weighted by molar-refractivity contribution is 7.10. The van der Waals surface area contributed by atoms with E-state index in [1.165, 1.54) is 35.6 Å². The van der Waals surface area contributed by atoms with Gasteiger partial charge >= 0.3 is 0 Å². The Bertz CT molecular complexity index is 1090. The summed E-state index contributed by atoms with van der Waals surface area (Å²) in [5.74, 6) is -1.07. The lowest BCUT2D eigenvalue weighted by Crippen LogP contribution is -2.53. The third kappa shape index (κ3) is 5.61. The number of thiazole rings is 1. The van der Waals surface area contributed by atoms with E-state index in [2.05, 4.69) is 22.2 Å². The Hall–Kier alpha value is -3.07. The smallest absolute Gasteiger partial charge is 0.267 e. The van der Waals surface area contributed by atoms with Gasteiger partial charge < -0.3 is 15.5 Å². The molecule has 1 saturated carbocycles. The summed E-state index contributed by atoms with van der Waals surface area (Å²) < 4.78 is 13.2. The number of carbonyl (C=O) groups is 3. The molecule has 0 radical (unpaired) electrons. The molecule has 1 saturated heterocycles. The Kier molecular flexibility index (Phi) is 7.95. The second kappa shape index (κ2) is 11.1. The summed E-state index contributed by atoms with van der Waals surface area (Å²) in [6, 6.07) is 4.53. The molecule has 1 aliphatic heterocycles. The average molecular weight is 499 g/mol. The van der Waals surface area contributed by atoms with Crippen LogP contribution in [0, 0.1) is 11.7 Å². The molecule has 2 aromatic rings. The first-order valence-electron chi connectivity index (χ1n) is 12.1. The summed E-state index contributed by atoms with van der Waals surface area (Å²) in [4.78, 5) is 45.6. The van der Waals surface area contributed by atoms with Crippen LogP contribution in [0.5, 0.6) is 0 Å². The molecule has 2 aliphatic rings. The SMILES string of the molecule is C=C(NC)C(=O)N[C@H](C(=O)N1CCC[C@H]1c1nc(C(=O)c2ccc(F)cc2)cs1)C1CCCCC1. The maximum absolute atomic E-state index is 13.8. The van der Waals surface area contributed by atoms with Gasteiger partial charge in [-0.3, -0.25) is 14.4 Å². The zero-order chi connectivity index (χ0) is 24.9. The van der Waals surface area contributed by atoms with Crippen molar-refractivity contribution in [2.24, 2.45) is 5.92 Å². The molecule has 35 heavy (non-hydrogen) atoms. The number of carbonyl (C=O) groups excluding carboxylic acids is 3. The van der Waals surface area contributed by atoms with Gasteiger partial charge in [-0.1, -0.05) is 25.8 Å². The molecule has 2 fully saturated rings. The minimum Gasteiger partial charge on any atom is -0.384 e. The van der Waals surface area contributed by atoms with Crippen LogP contribution in [0.2, 0.25) is 0 Å². The highest BCUT2D eigenvalue weighted by Crippen LogP contribution is 2.36. The zero-order valence-electron chi connectivity index (χ0n) is 19.9. The van der Waals surface area contributed by atoms with Crippen LogP contribution in [0.25, 0.3) is 0 Å². The number of amides is 2. The van der Waals surface area contributed by atoms with Gasteiger partial charge in [0.15, 0.2) is 0 Å². The first-order chi connectivity index (χ1) is 16.9. The van der Waals surface area contributed by atoms with Gasteiger partial charge in [0.2, 0.25) is 11.7 Å². The Balaban J connectivity index is 1.53. The molecule has 1 aromatic heterocycles. The highest BCUT2D eigenvalue weighted by atomic mass is 32.1. The Morgan fingerprint density at radius 3 is 2.51 bits per heavy atom. The van der Waals surface area contributed by atoms with Gasteiger partial charge in [-0.2, -0.15) is 0 Å². The van der Waals surface area contributed by atoms with Crippen LogP contribution in [0.3, 0.4) is 0 Å². The number of benzene rings is 1. The molecule has 4 rings (SSSR count). The molecule has 2 heterocycles. The number of rotatable bonds is 8. The third-order valence-electron chi connectivity index (χ3n) is 6.93. The number of nitrogens with one attached hydrogen (secondary N) is 2. The lowest BCUT2D eigenvalue weighted by atomic mass is 9.83. The number of likely N-dealkylation sites (N-methyl/N-ethyl adjacent to an activating group) is 1. The summed E-state index contributed by atoms with van der Waals surface area (Å²) in [6.45, 7) is 4.31. The van der Waals surface area contributed by atoms with Crippen molar-refractivity contribution in [3.05, 3.63) is 64.0 Å². The fourth-order valence-corrected chi connectivity index (χ4v) is 5.90. The van der Waals surface area contributed by atoms with Gasteiger partial charge in [0, 0.05) is 24.5 Å². The standard InChI is InChI=1S/C26H31FN4O3S/c1-16(28-2)24(33)30-22(17-7-4-3-5-8-17)26(34)31-14-6-9-21(31)25-29-20(15-35-25)23(32)18-10-12-19(27)13-11-18/h10-13,15,17,21-22,28H,1,3-9,14H2,2H3,(H,30,33)/t21-,22-/m0/s1. The number of ketones is 1. The fraction of sp³-hybridized carbons (Fsp3) is 0.462. The van der Waals surface area contributed by atoms with E-state index in [-0.39, 0.29) is 35.3 Å². The Morgan fingerprint density at radius 2 is 1.83 bits per heavy atom. The monoisotopic (exact) mass is 498 g/mol. The van der Waals surface area contributed by atoms with Gasteiger partial charge in [-0.25, -0.2) is 9.37 Å². The van der Waals surface area contributed by atoms with Crippen LogP contribution >= 0.6 is 11.3 Å². The zero-order valence-corrected chi connectivity index (χ0v) is 20.7. The molecule has 0 spiro atoms. The van der Waals surface area contributed by atoms with Gasteiger partial charge in [0.25, 0.3) is 5.91 Å². The normalized spacial score (nSPS) is 19.3. The van der Waals surface area contributed by atoms with E-state index in [1.54, 1.807) is 12.4 Å². The molecular weight excluding hydrogens is 467 g/mol. The molecule has 0 bridgehead atoms.